The zero-order valence-electron chi connectivity index (χ0n) is 9.55. The highest BCUT2D eigenvalue weighted by molar-refractivity contribution is 9.09. The van der Waals surface area contributed by atoms with Crippen molar-refractivity contribution >= 4 is 15.9 Å². The van der Waals surface area contributed by atoms with Gasteiger partial charge in [0.25, 0.3) is 0 Å². The molecule has 0 nitrogen and oxygen atoms in total. The molecule has 2 aromatic rings. The van der Waals surface area contributed by atoms with Gasteiger partial charge in [-0.2, -0.15) is 0 Å². The van der Waals surface area contributed by atoms with Crippen LogP contribution in [0, 0.1) is 24.4 Å². The fourth-order valence-corrected chi connectivity index (χ4v) is 2.45. The van der Waals surface area contributed by atoms with Crippen LogP contribution < -0.4 is 0 Å². The quantitative estimate of drug-likeness (QED) is 0.692. The van der Waals surface area contributed by atoms with Gasteiger partial charge in [0.1, 0.15) is 17.5 Å². The van der Waals surface area contributed by atoms with E-state index in [2.05, 4.69) is 15.9 Å². The Morgan fingerprint density at radius 2 is 1.44 bits per heavy atom. The molecule has 0 N–H and O–H groups in total. The Morgan fingerprint density at radius 1 is 0.889 bits per heavy atom. The van der Waals surface area contributed by atoms with E-state index in [9.17, 15) is 13.2 Å². The summed E-state index contributed by atoms with van der Waals surface area (Å²) in [6.07, 6.45) is 0. The Labute approximate surface area is 112 Å². The minimum atomic E-state index is -0.697. The van der Waals surface area contributed by atoms with Crippen molar-refractivity contribution in [2.45, 2.75) is 11.8 Å². The van der Waals surface area contributed by atoms with Crippen molar-refractivity contribution in [2.24, 2.45) is 0 Å². The van der Waals surface area contributed by atoms with Gasteiger partial charge in [-0.05, 0) is 24.6 Å². The number of benzene rings is 2. The van der Waals surface area contributed by atoms with Crippen LogP contribution in [0.15, 0.2) is 36.4 Å². The van der Waals surface area contributed by atoms with Crippen molar-refractivity contribution in [1.29, 1.82) is 0 Å². The van der Waals surface area contributed by atoms with Crippen LogP contribution in [0.25, 0.3) is 0 Å². The number of alkyl halides is 1. The van der Waals surface area contributed by atoms with E-state index in [1.807, 2.05) is 0 Å². The molecular formula is C14H10BrF3. The van der Waals surface area contributed by atoms with Crippen molar-refractivity contribution in [3.63, 3.8) is 0 Å². The number of hydrogen-bond acceptors (Lipinski definition) is 0. The predicted octanol–water partition coefficient (Wildman–Crippen LogP) is 4.90. The highest BCUT2D eigenvalue weighted by Crippen LogP contribution is 2.34. The average molecular weight is 315 g/mol. The summed E-state index contributed by atoms with van der Waals surface area (Å²) in [6, 6.07) is 7.96. The maximum absolute atomic E-state index is 13.8. The van der Waals surface area contributed by atoms with Crippen LogP contribution in [0.2, 0.25) is 0 Å². The molecule has 1 atom stereocenters. The van der Waals surface area contributed by atoms with Crippen LogP contribution in [-0.2, 0) is 0 Å². The SMILES string of the molecule is Cc1ccc(C(Br)c2ccc(F)cc2F)c(F)c1. The van der Waals surface area contributed by atoms with Crippen LogP contribution in [0.1, 0.15) is 21.5 Å². The second-order valence-electron chi connectivity index (χ2n) is 4.05. The first kappa shape index (κ1) is 13.1. The molecule has 2 aromatic carbocycles. The monoisotopic (exact) mass is 314 g/mol. The molecule has 0 saturated heterocycles. The Hall–Kier alpha value is -1.29. The Morgan fingerprint density at radius 3 is 2.00 bits per heavy atom. The lowest BCUT2D eigenvalue weighted by molar-refractivity contribution is 0.571. The van der Waals surface area contributed by atoms with Crippen molar-refractivity contribution < 1.29 is 13.2 Å². The van der Waals surface area contributed by atoms with E-state index < -0.39 is 22.3 Å². The minimum Gasteiger partial charge on any atom is -0.207 e. The number of halogens is 4. The summed E-state index contributed by atoms with van der Waals surface area (Å²) >= 11 is 3.24. The number of hydrogen-bond donors (Lipinski definition) is 0. The molecule has 0 fully saturated rings. The Balaban J connectivity index is 2.44. The predicted molar refractivity (Wildman–Crippen MR) is 68.3 cm³/mol. The summed E-state index contributed by atoms with van der Waals surface area (Å²) in [7, 11) is 0. The van der Waals surface area contributed by atoms with Crippen LogP contribution in [-0.4, -0.2) is 0 Å². The molecule has 0 saturated carbocycles. The molecule has 0 aliphatic heterocycles. The van der Waals surface area contributed by atoms with Gasteiger partial charge in [0, 0.05) is 17.2 Å². The van der Waals surface area contributed by atoms with E-state index >= 15 is 0 Å². The third-order valence-electron chi connectivity index (χ3n) is 2.66. The van der Waals surface area contributed by atoms with Gasteiger partial charge in [-0.15, -0.1) is 0 Å². The number of aryl methyl sites for hydroxylation is 1. The van der Waals surface area contributed by atoms with E-state index in [1.54, 1.807) is 19.1 Å². The molecule has 0 aliphatic rings. The normalized spacial score (nSPS) is 12.5. The lowest BCUT2D eigenvalue weighted by atomic mass is 10.0. The first-order chi connectivity index (χ1) is 8.49. The lowest BCUT2D eigenvalue weighted by Crippen LogP contribution is -2.00. The summed E-state index contributed by atoms with van der Waals surface area (Å²) in [5.41, 5.74) is 1.32. The highest BCUT2D eigenvalue weighted by Gasteiger charge is 2.18. The molecule has 0 aliphatic carbocycles. The highest BCUT2D eigenvalue weighted by atomic mass is 79.9. The van der Waals surface area contributed by atoms with Gasteiger partial charge in [0.15, 0.2) is 0 Å². The van der Waals surface area contributed by atoms with Crippen molar-refractivity contribution in [3.05, 3.63) is 70.5 Å². The summed E-state index contributed by atoms with van der Waals surface area (Å²) in [4.78, 5) is -0.640. The Kier molecular flexibility index (Phi) is 3.76. The van der Waals surface area contributed by atoms with Gasteiger partial charge in [-0.1, -0.05) is 34.1 Å². The van der Waals surface area contributed by atoms with Gasteiger partial charge in [0.05, 0.1) is 4.83 Å². The molecule has 0 aromatic heterocycles. The van der Waals surface area contributed by atoms with Crippen LogP contribution >= 0.6 is 15.9 Å². The molecule has 2 rings (SSSR count). The number of rotatable bonds is 2. The summed E-state index contributed by atoms with van der Waals surface area (Å²) in [6.45, 7) is 1.77. The van der Waals surface area contributed by atoms with Gasteiger partial charge in [0.2, 0.25) is 0 Å². The van der Waals surface area contributed by atoms with Crippen molar-refractivity contribution in [3.8, 4) is 0 Å². The zero-order chi connectivity index (χ0) is 13.3. The standard InChI is InChI=1S/C14H10BrF3/c1-8-2-4-10(12(17)6-8)14(15)11-5-3-9(16)7-13(11)18/h2-7,14H,1H3. The van der Waals surface area contributed by atoms with E-state index in [0.29, 0.717) is 5.56 Å². The van der Waals surface area contributed by atoms with Gasteiger partial charge >= 0.3 is 0 Å². The van der Waals surface area contributed by atoms with Crippen LogP contribution in [0.3, 0.4) is 0 Å². The molecule has 94 valence electrons. The zero-order valence-corrected chi connectivity index (χ0v) is 11.1. The first-order valence-electron chi connectivity index (χ1n) is 5.34. The molecule has 1 unspecified atom stereocenters. The molecule has 0 heterocycles. The maximum atomic E-state index is 13.8. The molecule has 0 radical (unpaired) electrons. The van der Waals surface area contributed by atoms with Gasteiger partial charge in [-0.25, -0.2) is 13.2 Å². The van der Waals surface area contributed by atoms with E-state index in [4.69, 9.17) is 0 Å². The van der Waals surface area contributed by atoms with Gasteiger partial charge < -0.3 is 0 Å². The van der Waals surface area contributed by atoms with E-state index in [0.717, 1.165) is 17.7 Å². The van der Waals surface area contributed by atoms with Crippen LogP contribution in [0.4, 0.5) is 13.2 Å². The molecule has 0 amide bonds. The largest absolute Gasteiger partial charge is 0.207 e. The Bertz CT molecular complexity index is 530. The first-order valence-corrected chi connectivity index (χ1v) is 6.25. The fourth-order valence-electron chi connectivity index (χ4n) is 1.71. The lowest BCUT2D eigenvalue weighted by Gasteiger charge is -2.13. The minimum absolute atomic E-state index is 0.208. The maximum Gasteiger partial charge on any atom is 0.130 e. The summed E-state index contributed by atoms with van der Waals surface area (Å²) in [5, 5.41) is 0. The van der Waals surface area contributed by atoms with Crippen molar-refractivity contribution in [1.82, 2.24) is 0 Å². The summed E-state index contributed by atoms with van der Waals surface area (Å²) < 4.78 is 40.2. The molecule has 18 heavy (non-hydrogen) atoms. The summed E-state index contributed by atoms with van der Waals surface area (Å²) in [5.74, 6) is -1.77. The molecular weight excluding hydrogens is 305 g/mol. The topological polar surface area (TPSA) is 0 Å². The third kappa shape index (κ3) is 2.58. The van der Waals surface area contributed by atoms with E-state index in [1.165, 1.54) is 12.1 Å². The van der Waals surface area contributed by atoms with Crippen molar-refractivity contribution in [2.75, 3.05) is 0 Å². The van der Waals surface area contributed by atoms with Gasteiger partial charge in [-0.3, -0.25) is 0 Å². The molecule has 0 bridgehead atoms. The van der Waals surface area contributed by atoms with Crippen LogP contribution in [0.5, 0.6) is 0 Å². The average Bonchev–Trinajstić information content (AvgIpc) is 2.28. The molecule has 0 spiro atoms. The second-order valence-corrected chi connectivity index (χ2v) is 4.97. The molecule has 4 heteroatoms. The fraction of sp³-hybridized carbons (Fsp3) is 0.143. The second kappa shape index (κ2) is 5.14. The van der Waals surface area contributed by atoms with E-state index in [-0.39, 0.29) is 5.56 Å². The smallest absolute Gasteiger partial charge is 0.130 e. The third-order valence-corrected chi connectivity index (χ3v) is 3.65.